The van der Waals surface area contributed by atoms with Gasteiger partial charge in [0.25, 0.3) is 0 Å². The van der Waals surface area contributed by atoms with Gasteiger partial charge in [0.1, 0.15) is 4.05 Å². The molecule has 2 rings (SSSR count). The first kappa shape index (κ1) is 10.2. The lowest BCUT2D eigenvalue weighted by atomic mass is 10.2. The van der Waals surface area contributed by atoms with Gasteiger partial charge in [0, 0.05) is 14.9 Å². The molecule has 0 aliphatic carbocycles. The molecule has 1 atom stereocenters. The van der Waals surface area contributed by atoms with E-state index in [1.54, 1.807) is 0 Å². The molecule has 0 radical (unpaired) electrons. The van der Waals surface area contributed by atoms with Crippen molar-refractivity contribution in [1.29, 1.82) is 0 Å². The summed E-state index contributed by atoms with van der Waals surface area (Å²) in [5, 5.41) is 1.19. The molecule has 0 N–H and O–H groups in total. The topological polar surface area (TPSA) is 12.4 Å². The number of halogens is 2. The highest BCUT2D eigenvalue weighted by molar-refractivity contribution is 14.1. The van der Waals surface area contributed by atoms with E-state index in [9.17, 15) is 0 Å². The van der Waals surface area contributed by atoms with Crippen molar-refractivity contribution in [2.24, 2.45) is 4.99 Å². The zero-order valence-corrected chi connectivity index (χ0v) is 11.8. The fourth-order valence-corrected chi connectivity index (χ4v) is 3.54. The quantitative estimate of drug-likeness (QED) is 0.389. The van der Waals surface area contributed by atoms with Crippen molar-refractivity contribution in [2.75, 3.05) is 5.75 Å². The Kier molecular flexibility index (Phi) is 3.52. The summed E-state index contributed by atoms with van der Waals surface area (Å²) in [5.74, 6) is 1.11. The van der Waals surface area contributed by atoms with Gasteiger partial charge in [0.15, 0.2) is 0 Å². The van der Waals surface area contributed by atoms with Crippen molar-refractivity contribution in [2.45, 2.75) is 4.05 Å². The zero-order valence-electron chi connectivity index (χ0n) is 6.71. The number of rotatable bonds is 1. The molecular weight excluding hydrogens is 408 g/mol. The summed E-state index contributed by atoms with van der Waals surface area (Å²) in [6, 6.07) is 8.50. The SMILES string of the molecule is Ic1cccc(C2=N[C@H](I)CS2)c1. The molecule has 0 saturated heterocycles. The first-order chi connectivity index (χ1) is 6.25. The van der Waals surface area contributed by atoms with E-state index in [1.807, 2.05) is 11.8 Å². The minimum Gasteiger partial charge on any atom is -0.263 e. The summed E-state index contributed by atoms with van der Waals surface area (Å²) in [7, 11) is 0. The lowest BCUT2D eigenvalue weighted by molar-refractivity contribution is 1.13. The largest absolute Gasteiger partial charge is 0.263 e. The van der Waals surface area contributed by atoms with Crippen LogP contribution in [0.25, 0.3) is 0 Å². The van der Waals surface area contributed by atoms with E-state index in [-0.39, 0.29) is 0 Å². The van der Waals surface area contributed by atoms with E-state index < -0.39 is 0 Å². The Morgan fingerprint density at radius 2 is 2.31 bits per heavy atom. The van der Waals surface area contributed by atoms with E-state index in [1.165, 1.54) is 14.2 Å². The van der Waals surface area contributed by atoms with Gasteiger partial charge < -0.3 is 0 Å². The van der Waals surface area contributed by atoms with Crippen LogP contribution < -0.4 is 0 Å². The smallest absolute Gasteiger partial charge is 0.112 e. The van der Waals surface area contributed by atoms with Crippen LogP contribution in [0.1, 0.15) is 5.56 Å². The van der Waals surface area contributed by atoms with E-state index in [4.69, 9.17) is 0 Å². The summed E-state index contributed by atoms with van der Waals surface area (Å²) in [6.07, 6.45) is 0. The predicted octanol–water partition coefficient (Wildman–Crippen LogP) is 3.55. The third-order valence-corrected chi connectivity index (χ3v) is 4.77. The molecule has 1 aromatic rings. The highest BCUT2D eigenvalue weighted by Crippen LogP contribution is 2.26. The molecule has 1 aromatic carbocycles. The van der Waals surface area contributed by atoms with Gasteiger partial charge in [-0.05, 0) is 34.7 Å². The Balaban J connectivity index is 2.31. The average molecular weight is 415 g/mol. The molecule has 1 aliphatic heterocycles. The van der Waals surface area contributed by atoms with Crippen LogP contribution in [-0.4, -0.2) is 14.8 Å². The van der Waals surface area contributed by atoms with Crippen molar-refractivity contribution in [3.63, 3.8) is 0 Å². The van der Waals surface area contributed by atoms with Crippen molar-refractivity contribution < 1.29 is 0 Å². The van der Waals surface area contributed by atoms with Gasteiger partial charge in [0.2, 0.25) is 0 Å². The second kappa shape index (κ2) is 4.48. The Hall–Kier alpha value is 0.700. The van der Waals surface area contributed by atoms with Crippen LogP contribution in [0.15, 0.2) is 29.3 Å². The maximum Gasteiger partial charge on any atom is 0.112 e. The maximum atomic E-state index is 4.56. The summed E-state index contributed by atoms with van der Waals surface area (Å²) >= 11 is 6.55. The molecule has 0 amide bonds. The lowest BCUT2D eigenvalue weighted by Crippen LogP contribution is -1.91. The van der Waals surface area contributed by atoms with Gasteiger partial charge in [-0.2, -0.15) is 0 Å². The van der Waals surface area contributed by atoms with Gasteiger partial charge >= 0.3 is 0 Å². The number of thioether (sulfide) groups is 1. The van der Waals surface area contributed by atoms with Gasteiger partial charge in [-0.15, -0.1) is 11.8 Å². The molecule has 1 heterocycles. The second-order valence-electron chi connectivity index (χ2n) is 2.69. The molecular formula is C9H7I2NS. The average Bonchev–Trinajstić information content (AvgIpc) is 2.52. The monoisotopic (exact) mass is 415 g/mol. The van der Waals surface area contributed by atoms with Crippen LogP contribution >= 0.6 is 56.9 Å². The molecule has 68 valence electrons. The maximum absolute atomic E-state index is 4.56. The molecule has 0 bridgehead atoms. The van der Waals surface area contributed by atoms with Crippen LogP contribution in [0.3, 0.4) is 0 Å². The first-order valence-electron chi connectivity index (χ1n) is 3.86. The van der Waals surface area contributed by atoms with Gasteiger partial charge in [-0.3, -0.25) is 4.99 Å². The Morgan fingerprint density at radius 3 is 2.92 bits per heavy atom. The Labute approximate surface area is 109 Å². The standard InChI is InChI=1S/C9H7I2NS/c10-7-3-1-2-6(4-7)9-12-8(11)5-13-9/h1-4,8H,5H2/t8-/m0/s1. The third kappa shape index (κ3) is 2.59. The van der Waals surface area contributed by atoms with E-state index in [0.29, 0.717) is 4.05 Å². The number of nitrogens with zero attached hydrogens (tertiary/aromatic N) is 1. The van der Waals surface area contributed by atoms with E-state index in [2.05, 4.69) is 74.4 Å². The minimum atomic E-state index is 0.454. The number of hydrogen-bond donors (Lipinski definition) is 0. The fraction of sp³-hybridized carbons (Fsp3) is 0.222. The van der Waals surface area contributed by atoms with Crippen LogP contribution in [0.2, 0.25) is 0 Å². The van der Waals surface area contributed by atoms with Crippen LogP contribution in [0.5, 0.6) is 0 Å². The Bertz CT molecular complexity index is 351. The third-order valence-electron chi connectivity index (χ3n) is 1.69. The summed E-state index contributed by atoms with van der Waals surface area (Å²) in [6.45, 7) is 0. The highest BCUT2D eigenvalue weighted by atomic mass is 127. The molecule has 0 saturated carbocycles. The van der Waals surface area contributed by atoms with Crippen LogP contribution in [0.4, 0.5) is 0 Å². The number of alkyl halides is 1. The first-order valence-corrected chi connectivity index (χ1v) is 7.17. The van der Waals surface area contributed by atoms with Gasteiger partial charge in [0.05, 0.1) is 5.04 Å². The molecule has 0 spiro atoms. The van der Waals surface area contributed by atoms with Crippen molar-refractivity contribution in [3.8, 4) is 0 Å². The molecule has 0 unspecified atom stereocenters. The number of benzene rings is 1. The molecule has 1 aliphatic rings. The normalized spacial score (nSPS) is 21.7. The van der Waals surface area contributed by atoms with Crippen molar-refractivity contribution in [3.05, 3.63) is 33.4 Å². The minimum absolute atomic E-state index is 0.454. The molecule has 0 aromatic heterocycles. The molecule has 1 nitrogen and oxygen atoms in total. The highest BCUT2D eigenvalue weighted by Gasteiger charge is 2.16. The van der Waals surface area contributed by atoms with E-state index >= 15 is 0 Å². The van der Waals surface area contributed by atoms with E-state index in [0.717, 1.165) is 5.75 Å². The van der Waals surface area contributed by atoms with Gasteiger partial charge in [-0.25, -0.2) is 0 Å². The molecule has 4 heteroatoms. The molecule has 0 fully saturated rings. The summed E-state index contributed by atoms with van der Waals surface area (Å²) < 4.78 is 1.73. The lowest BCUT2D eigenvalue weighted by Gasteiger charge is -1.99. The van der Waals surface area contributed by atoms with Crippen LogP contribution in [-0.2, 0) is 0 Å². The second-order valence-corrected chi connectivity index (χ2v) is 6.38. The number of hydrogen-bond acceptors (Lipinski definition) is 2. The summed E-state index contributed by atoms with van der Waals surface area (Å²) in [5.41, 5.74) is 1.26. The van der Waals surface area contributed by atoms with Crippen molar-refractivity contribution in [1.82, 2.24) is 0 Å². The predicted molar refractivity (Wildman–Crippen MR) is 76.0 cm³/mol. The molecule has 13 heavy (non-hydrogen) atoms. The zero-order chi connectivity index (χ0) is 9.26. The summed E-state index contributed by atoms with van der Waals surface area (Å²) in [4.78, 5) is 4.56. The Morgan fingerprint density at radius 1 is 1.46 bits per heavy atom. The van der Waals surface area contributed by atoms with Crippen LogP contribution in [0, 0.1) is 3.57 Å². The van der Waals surface area contributed by atoms with Crippen molar-refractivity contribution >= 4 is 62.0 Å². The fourth-order valence-electron chi connectivity index (χ4n) is 1.13. The number of aliphatic imine (C=N–C) groups is 1. The van der Waals surface area contributed by atoms with Gasteiger partial charge in [-0.1, -0.05) is 34.7 Å².